The molecule has 1 saturated carbocycles. The quantitative estimate of drug-likeness (QED) is 0.271. The van der Waals surface area contributed by atoms with E-state index in [0.29, 0.717) is 34.5 Å². The number of hydrogen-bond donors (Lipinski definition) is 3. The van der Waals surface area contributed by atoms with Crippen LogP contribution < -0.4 is 16.6 Å². The number of aliphatic hydroxyl groups excluding tert-OH is 1. The fraction of sp³-hybridized carbons (Fsp3) is 0.296. The van der Waals surface area contributed by atoms with Gasteiger partial charge in [0.15, 0.2) is 17.3 Å². The number of nitrogens with zero attached hydrogens (tertiary/aromatic N) is 6. The highest BCUT2D eigenvalue weighted by molar-refractivity contribution is 5.98. The van der Waals surface area contributed by atoms with Crippen LogP contribution >= 0.6 is 0 Å². The average Bonchev–Trinajstić information content (AvgIpc) is 3.70. The van der Waals surface area contributed by atoms with Crippen molar-refractivity contribution in [2.24, 2.45) is 0 Å². The smallest absolute Gasteiger partial charge is 0.261 e. The molecule has 2 atom stereocenters. The molecule has 4 N–H and O–H groups in total. The summed E-state index contributed by atoms with van der Waals surface area (Å²) in [5, 5.41) is 18.3. The molecule has 5 aromatic rings. The molecule has 0 amide bonds. The summed E-state index contributed by atoms with van der Waals surface area (Å²) in [5.74, 6) is -1.54. The number of rotatable bonds is 7. The van der Waals surface area contributed by atoms with Gasteiger partial charge in [-0.15, -0.1) is 0 Å². The van der Waals surface area contributed by atoms with Gasteiger partial charge in [0.2, 0.25) is 0 Å². The van der Waals surface area contributed by atoms with E-state index in [1.807, 2.05) is 19.1 Å². The van der Waals surface area contributed by atoms with Crippen molar-refractivity contribution in [3.8, 4) is 11.3 Å². The first kappa shape index (κ1) is 25.0. The largest absolute Gasteiger partial charge is 0.383 e. The van der Waals surface area contributed by atoms with E-state index in [9.17, 15) is 18.7 Å². The molecule has 0 saturated heterocycles. The summed E-state index contributed by atoms with van der Waals surface area (Å²) in [7, 11) is 1.66. The molecule has 0 radical (unpaired) electrons. The summed E-state index contributed by atoms with van der Waals surface area (Å²) in [4.78, 5) is 26.9. The van der Waals surface area contributed by atoms with Crippen LogP contribution in [-0.2, 0) is 0 Å². The number of benzene rings is 2. The third-order valence-corrected chi connectivity index (χ3v) is 7.15. The predicted molar refractivity (Wildman–Crippen MR) is 142 cm³/mol. The van der Waals surface area contributed by atoms with Gasteiger partial charge in [-0.05, 0) is 37.9 Å². The first-order valence-corrected chi connectivity index (χ1v) is 12.7. The highest BCUT2D eigenvalue weighted by Gasteiger charge is 2.33. The molecule has 2 unspecified atom stereocenters. The van der Waals surface area contributed by atoms with E-state index in [-0.39, 0.29) is 22.8 Å². The van der Waals surface area contributed by atoms with Crippen molar-refractivity contribution < 1.29 is 13.9 Å². The highest BCUT2D eigenvalue weighted by Crippen LogP contribution is 2.39. The molecule has 3 aromatic heterocycles. The van der Waals surface area contributed by atoms with Crippen LogP contribution in [0.2, 0.25) is 0 Å². The second-order valence-corrected chi connectivity index (χ2v) is 9.65. The van der Waals surface area contributed by atoms with Crippen molar-refractivity contribution in [3.63, 3.8) is 0 Å². The SMILES string of the molecule is CCC(c1nc2cc(F)c(F)cc2c(=O)n1C1CC1)n1nc(-c2ccc(C(O)NC)cc2)c2c(N)ncnc21. The van der Waals surface area contributed by atoms with E-state index in [0.717, 1.165) is 30.5 Å². The molecule has 1 aliphatic rings. The Morgan fingerprint density at radius 1 is 1.15 bits per heavy atom. The number of nitrogen functional groups attached to an aromatic ring is 1. The second kappa shape index (κ2) is 9.47. The van der Waals surface area contributed by atoms with Gasteiger partial charge in [-0.2, -0.15) is 5.10 Å². The molecule has 2 aromatic carbocycles. The van der Waals surface area contributed by atoms with Gasteiger partial charge in [-0.25, -0.2) is 28.4 Å². The minimum absolute atomic E-state index is 0.0285. The fourth-order valence-corrected chi connectivity index (χ4v) is 5.00. The molecule has 39 heavy (non-hydrogen) atoms. The van der Waals surface area contributed by atoms with Crippen molar-refractivity contribution >= 4 is 27.8 Å². The zero-order valence-electron chi connectivity index (χ0n) is 21.3. The second-order valence-electron chi connectivity index (χ2n) is 9.65. The van der Waals surface area contributed by atoms with Gasteiger partial charge < -0.3 is 10.8 Å². The van der Waals surface area contributed by atoms with Gasteiger partial charge >= 0.3 is 0 Å². The monoisotopic (exact) mass is 532 g/mol. The summed E-state index contributed by atoms with van der Waals surface area (Å²) >= 11 is 0. The Labute approximate surface area is 221 Å². The number of aliphatic hydroxyl groups is 1. The maximum atomic E-state index is 14.1. The molecule has 12 heteroatoms. The highest BCUT2D eigenvalue weighted by atomic mass is 19.2. The van der Waals surface area contributed by atoms with Crippen molar-refractivity contribution in [2.75, 3.05) is 12.8 Å². The number of aromatic nitrogens is 6. The summed E-state index contributed by atoms with van der Waals surface area (Å²) < 4.78 is 31.4. The predicted octanol–water partition coefficient (Wildman–Crippen LogP) is 3.61. The lowest BCUT2D eigenvalue weighted by molar-refractivity contribution is 0.149. The number of fused-ring (bicyclic) bond motifs is 2. The van der Waals surface area contributed by atoms with Gasteiger partial charge in [-0.3, -0.25) is 14.7 Å². The van der Waals surface area contributed by atoms with E-state index in [1.54, 1.807) is 28.4 Å². The third-order valence-electron chi connectivity index (χ3n) is 7.15. The maximum absolute atomic E-state index is 14.1. The van der Waals surface area contributed by atoms with Gasteiger partial charge in [0.1, 0.15) is 35.9 Å². The fourth-order valence-electron chi connectivity index (χ4n) is 5.00. The summed E-state index contributed by atoms with van der Waals surface area (Å²) in [6.07, 6.45) is 2.57. The maximum Gasteiger partial charge on any atom is 0.261 e. The molecule has 0 bridgehead atoms. The number of anilines is 1. The Morgan fingerprint density at radius 3 is 2.54 bits per heavy atom. The Kier molecular flexibility index (Phi) is 6.07. The normalized spacial score (nSPS) is 15.2. The van der Waals surface area contributed by atoms with Crippen LogP contribution in [-0.4, -0.2) is 41.5 Å². The van der Waals surface area contributed by atoms with Crippen molar-refractivity contribution in [3.05, 3.63) is 76.1 Å². The van der Waals surface area contributed by atoms with Crippen LogP contribution in [0.5, 0.6) is 0 Å². The molecule has 0 aliphatic heterocycles. The van der Waals surface area contributed by atoms with Gasteiger partial charge in [0.05, 0.1) is 16.3 Å². The summed E-state index contributed by atoms with van der Waals surface area (Å²) in [5.41, 5.74) is 8.35. The first-order valence-electron chi connectivity index (χ1n) is 12.7. The third kappa shape index (κ3) is 4.12. The molecule has 10 nitrogen and oxygen atoms in total. The van der Waals surface area contributed by atoms with Crippen LogP contribution in [0.25, 0.3) is 33.2 Å². The van der Waals surface area contributed by atoms with E-state index in [2.05, 4.69) is 20.3 Å². The van der Waals surface area contributed by atoms with Crippen LogP contribution in [0.15, 0.2) is 47.5 Å². The Balaban J connectivity index is 1.57. The topological polar surface area (TPSA) is 137 Å². The standard InChI is InChI=1S/C27H26F2N8O2/c1-3-20(24-34-19-11-18(29)17(28)10-16(19)27(39)36(24)15-8-9-15)37-25-21(23(30)32-12-33-25)22(35-37)13-4-6-14(7-5-13)26(38)31-2/h4-7,10-12,15,20,26,31,38H,3,8-9H2,1-2H3,(H2,30,32,33). The molecule has 200 valence electrons. The van der Waals surface area contributed by atoms with Crippen LogP contribution in [0.1, 0.15) is 55.9 Å². The Bertz CT molecular complexity index is 1780. The lowest BCUT2D eigenvalue weighted by atomic mass is 10.1. The summed E-state index contributed by atoms with van der Waals surface area (Å²) in [6.45, 7) is 1.93. The van der Waals surface area contributed by atoms with Crippen molar-refractivity contribution in [1.29, 1.82) is 0 Å². The molecule has 1 fully saturated rings. The van der Waals surface area contributed by atoms with Crippen molar-refractivity contribution in [2.45, 2.75) is 44.5 Å². The number of halogens is 2. The minimum atomic E-state index is -1.09. The molecule has 3 heterocycles. The lowest BCUT2D eigenvalue weighted by Gasteiger charge is -2.21. The van der Waals surface area contributed by atoms with Gasteiger partial charge in [0.25, 0.3) is 5.56 Å². The Hall–Kier alpha value is -4.29. The lowest BCUT2D eigenvalue weighted by Crippen LogP contribution is -2.29. The molecular weight excluding hydrogens is 506 g/mol. The van der Waals surface area contributed by atoms with E-state index in [1.165, 1.54) is 6.33 Å². The summed E-state index contributed by atoms with van der Waals surface area (Å²) in [6, 6.07) is 8.42. The zero-order valence-corrected chi connectivity index (χ0v) is 21.3. The van der Waals surface area contributed by atoms with E-state index < -0.39 is 29.5 Å². The average molecular weight is 533 g/mol. The number of nitrogens with two attached hydrogens (primary N) is 1. The van der Waals surface area contributed by atoms with Crippen LogP contribution in [0.3, 0.4) is 0 Å². The molecule has 0 spiro atoms. The molecular formula is C27H26F2N8O2. The Morgan fingerprint density at radius 2 is 1.87 bits per heavy atom. The zero-order chi connectivity index (χ0) is 27.4. The van der Waals surface area contributed by atoms with E-state index >= 15 is 0 Å². The van der Waals surface area contributed by atoms with E-state index in [4.69, 9.17) is 10.8 Å². The molecule has 6 rings (SSSR count). The first-order chi connectivity index (χ1) is 18.8. The van der Waals surface area contributed by atoms with Crippen LogP contribution in [0, 0.1) is 11.6 Å². The van der Waals surface area contributed by atoms with Crippen LogP contribution in [0.4, 0.5) is 14.6 Å². The van der Waals surface area contributed by atoms with Gasteiger partial charge in [0, 0.05) is 17.7 Å². The van der Waals surface area contributed by atoms with Crippen molar-refractivity contribution in [1.82, 2.24) is 34.6 Å². The number of nitrogens with one attached hydrogen (secondary N) is 1. The van der Waals surface area contributed by atoms with Gasteiger partial charge in [-0.1, -0.05) is 31.2 Å². The molecule has 1 aliphatic carbocycles. The number of hydrogen-bond acceptors (Lipinski definition) is 8. The minimum Gasteiger partial charge on any atom is -0.383 e.